The monoisotopic (exact) mass is 298 g/mol. The van der Waals surface area contributed by atoms with Crippen LogP contribution in [0.1, 0.15) is 21.5 Å². The first-order chi connectivity index (χ1) is 9.84. The molecule has 0 fully saturated rings. The Labute approximate surface area is 118 Å². The van der Waals surface area contributed by atoms with Crippen LogP contribution in [-0.2, 0) is 6.18 Å². The van der Waals surface area contributed by atoms with Crippen molar-refractivity contribution in [2.24, 2.45) is 0 Å². The Morgan fingerprint density at radius 3 is 2.38 bits per heavy atom. The van der Waals surface area contributed by atoms with Gasteiger partial charge in [-0.1, -0.05) is 18.2 Å². The molecule has 21 heavy (non-hydrogen) atoms. The number of hydrogen-bond donors (Lipinski definition) is 0. The van der Waals surface area contributed by atoms with Gasteiger partial charge >= 0.3 is 6.18 Å². The molecule has 110 valence electrons. The summed E-state index contributed by atoms with van der Waals surface area (Å²) in [5.41, 5.74) is -1.61. The molecule has 0 saturated carbocycles. The molecule has 0 atom stereocenters. The van der Waals surface area contributed by atoms with Crippen LogP contribution in [-0.4, -0.2) is 12.9 Å². The van der Waals surface area contributed by atoms with Crippen molar-refractivity contribution in [3.63, 3.8) is 0 Å². The molecule has 0 N–H and O–H groups in total. The Bertz CT molecular complexity index is 678. The standard InChI is InChI=1S/C15H10F4O2/c1-21-12-7-3-6-11(16)13(12)14(20)9-4-2-5-10(8-9)15(17,18)19/h2-8H,1H3. The van der Waals surface area contributed by atoms with Crippen molar-refractivity contribution in [3.05, 3.63) is 65.0 Å². The minimum Gasteiger partial charge on any atom is -0.496 e. The lowest BCUT2D eigenvalue weighted by Crippen LogP contribution is -2.10. The second-order valence-electron chi connectivity index (χ2n) is 4.22. The van der Waals surface area contributed by atoms with E-state index in [-0.39, 0.29) is 16.9 Å². The molecule has 2 aromatic rings. The molecule has 2 nitrogen and oxygen atoms in total. The van der Waals surface area contributed by atoms with Gasteiger partial charge in [0, 0.05) is 5.56 Å². The molecule has 6 heteroatoms. The molecular weight excluding hydrogens is 288 g/mol. The van der Waals surface area contributed by atoms with Crippen LogP contribution in [0.5, 0.6) is 5.75 Å². The number of alkyl halides is 3. The molecule has 0 radical (unpaired) electrons. The van der Waals surface area contributed by atoms with Crippen molar-refractivity contribution in [3.8, 4) is 5.75 Å². The maximum Gasteiger partial charge on any atom is 0.416 e. The molecule has 0 heterocycles. The Morgan fingerprint density at radius 2 is 1.76 bits per heavy atom. The summed E-state index contributed by atoms with van der Waals surface area (Å²) in [5.74, 6) is -1.75. The van der Waals surface area contributed by atoms with Crippen molar-refractivity contribution in [1.82, 2.24) is 0 Å². The summed E-state index contributed by atoms with van der Waals surface area (Å²) in [6, 6.07) is 7.58. The van der Waals surface area contributed by atoms with Gasteiger partial charge in [0.05, 0.1) is 12.7 Å². The fourth-order valence-electron chi connectivity index (χ4n) is 1.88. The number of rotatable bonds is 3. The minimum absolute atomic E-state index is 0.0302. The third-order valence-corrected chi connectivity index (χ3v) is 2.87. The van der Waals surface area contributed by atoms with Gasteiger partial charge in [-0.25, -0.2) is 4.39 Å². The number of methoxy groups -OCH3 is 1. The van der Waals surface area contributed by atoms with Gasteiger partial charge in [0.1, 0.15) is 17.1 Å². The summed E-state index contributed by atoms with van der Waals surface area (Å²) in [4.78, 5) is 12.2. The topological polar surface area (TPSA) is 26.3 Å². The van der Waals surface area contributed by atoms with E-state index in [1.54, 1.807) is 0 Å². The number of halogens is 4. The molecule has 2 rings (SSSR count). The summed E-state index contributed by atoms with van der Waals surface area (Å²) in [6.45, 7) is 0. The lowest BCUT2D eigenvalue weighted by Gasteiger charge is -2.11. The molecule has 2 aromatic carbocycles. The largest absolute Gasteiger partial charge is 0.496 e. The highest BCUT2D eigenvalue weighted by atomic mass is 19.4. The number of carbonyl (C=O) groups is 1. The van der Waals surface area contributed by atoms with Gasteiger partial charge in [-0.05, 0) is 24.3 Å². The average Bonchev–Trinajstić information content (AvgIpc) is 2.45. The van der Waals surface area contributed by atoms with Crippen molar-refractivity contribution >= 4 is 5.78 Å². The predicted molar refractivity (Wildman–Crippen MR) is 67.8 cm³/mol. The first-order valence-corrected chi connectivity index (χ1v) is 5.89. The Morgan fingerprint density at radius 1 is 1.10 bits per heavy atom. The molecule has 0 spiro atoms. The highest BCUT2D eigenvalue weighted by molar-refractivity contribution is 6.11. The molecular formula is C15H10F4O2. The number of ketones is 1. The van der Waals surface area contributed by atoms with Gasteiger partial charge in [0.15, 0.2) is 5.78 Å². The van der Waals surface area contributed by atoms with Crippen molar-refractivity contribution in [1.29, 1.82) is 0 Å². The number of carbonyl (C=O) groups excluding carboxylic acids is 1. The molecule has 0 aliphatic heterocycles. The lowest BCUT2D eigenvalue weighted by molar-refractivity contribution is -0.137. The summed E-state index contributed by atoms with van der Waals surface area (Å²) in [5, 5.41) is 0. The zero-order chi connectivity index (χ0) is 15.6. The van der Waals surface area contributed by atoms with Crippen molar-refractivity contribution in [2.75, 3.05) is 7.11 Å². The second-order valence-corrected chi connectivity index (χ2v) is 4.22. The molecule has 0 bridgehead atoms. The van der Waals surface area contributed by atoms with Crippen molar-refractivity contribution in [2.45, 2.75) is 6.18 Å². The predicted octanol–water partition coefficient (Wildman–Crippen LogP) is 4.08. The number of hydrogen-bond acceptors (Lipinski definition) is 2. The van der Waals surface area contributed by atoms with Gasteiger partial charge < -0.3 is 4.74 Å². The van der Waals surface area contributed by atoms with E-state index < -0.39 is 23.3 Å². The normalized spacial score (nSPS) is 11.3. The van der Waals surface area contributed by atoms with Crippen LogP contribution in [0.3, 0.4) is 0 Å². The number of ether oxygens (including phenoxy) is 1. The van der Waals surface area contributed by atoms with Gasteiger partial charge in [-0.3, -0.25) is 4.79 Å². The van der Waals surface area contributed by atoms with E-state index in [1.165, 1.54) is 25.3 Å². The van der Waals surface area contributed by atoms with Crippen LogP contribution in [0.4, 0.5) is 17.6 Å². The van der Waals surface area contributed by atoms with E-state index >= 15 is 0 Å². The van der Waals surface area contributed by atoms with Crippen LogP contribution in [0.2, 0.25) is 0 Å². The third-order valence-electron chi connectivity index (χ3n) is 2.87. The van der Waals surface area contributed by atoms with E-state index in [4.69, 9.17) is 4.74 Å². The molecule has 0 aliphatic rings. The van der Waals surface area contributed by atoms with Gasteiger partial charge in [-0.2, -0.15) is 13.2 Å². The van der Waals surface area contributed by atoms with Gasteiger partial charge in [0.2, 0.25) is 0 Å². The van der Waals surface area contributed by atoms with Crippen molar-refractivity contribution < 1.29 is 27.1 Å². The molecule has 0 saturated heterocycles. The first-order valence-electron chi connectivity index (χ1n) is 5.89. The zero-order valence-corrected chi connectivity index (χ0v) is 10.9. The van der Waals surface area contributed by atoms with E-state index in [9.17, 15) is 22.4 Å². The van der Waals surface area contributed by atoms with E-state index in [0.717, 1.165) is 18.2 Å². The summed E-state index contributed by atoms with van der Waals surface area (Å²) in [6.07, 6.45) is -4.57. The van der Waals surface area contributed by atoms with Crippen LogP contribution >= 0.6 is 0 Å². The fraction of sp³-hybridized carbons (Fsp3) is 0.133. The summed E-state index contributed by atoms with van der Waals surface area (Å²) >= 11 is 0. The molecule has 0 amide bonds. The zero-order valence-electron chi connectivity index (χ0n) is 10.9. The van der Waals surface area contributed by atoms with E-state index in [2.05, 4.69) is 0 Å². The second kappa shape index (κ2) is 5.55. The SMILES string of the molecule is COc1cccc(F)c1C(=O)c1cccc(C(F)(F)F)c1. The molecule has 0 unspecified atom stereocenters. The van der Waals surface area contributed by atoms with Gasteiger partial charge in [0.25, 0.3) is 0 Å². The van der Waals surface area contributed by atoms with Gasteiger partial charge in [-0.15, -0.1) is 0 Å². The minimum atomic E-state index is -4.57. The molecule has 0 aromatic heterocycles. The first kappa shape index (κ1) is 15.0. The van der Waals surface area contributed by atoms with E-state index in [0.29, 0.717) is 6.07 Å². The Balaban J connectivity index is 2.51. The van der Waals surface area contributed by atoms with Crippen LogP contribution < -0.4 is 4.74 Å². The smallest absolute Gasteiger partial charge is 0.416 e. The maximum absolute atomic E-state index is 13.8. The highest BCUT2D eigenvalue weighted by Gasteiger charge is 2.31. The average molecular weight is 298 g/mol. The Hall–Kier alpha value is -2.37. The summed E-state index contributed by atoms with van der Waals surface area (Å²) < 4.78 is 56.6. The highest BCUT2D eigenvalue weighted by Crippen LogP contribution is 2.31. The number of benzene rings is 2. The fourth-order valence-corrected chi connectivity index (χ4v) is 1.88. The third kappa shape index (κ3) is 3.04. The van der Waals surface area contributed by atoms with Crippen LogP contribution in [0, 0.1) is 5.82 Å². The van der Waals surface area contributed by atoms with Crippen LogP contribution in [0.25, 0.3) is 0 Å². The maximum atomic E-state index is 13.8. The quantitative estimate of drug-likeness (QED) is 0.630. The van der Waals surface area contributed by atoms with E-state index in [1.807, 2.05) is 0 Å². The summed E-state index contributed by atoms with van der Waals surface area (Å²) in [7, 11) is 1.25. The molecule has 0 aliphatic carbocycles. The van der Waals surface area contributed by atoms with Crippen LogP contribution in [0.15, 0.2) is 42.5 Å². The Kier molecular flexibility index (Phi) is 3.97. The lowest BCUT2D eigenvalue weighted by atomic mass is 10.00.